The van der Waals surface area contributed by atoms with Crippen LogP contribution in [0.1, 0.15) is 0 Å². The van der Waals surface area contributed by atoms with Gasteiger partial charge in [-0.1, -0.05) is 65.9 Å². The SMILES string of the molecule is c1ccc(-c2cc3[nH]nnc(-c4ccccc4)c-3n2)cc1. The van der Waals surface area contributed by atoms with Crippen LogP contribution in [0.25, 0.3) is 33.9 Å². The van der Waals surface area contributed by atoms with Crippen LogP contribution in [-0.4, -0.2) is 20.4 Å². The van der Waals surface area contributed by atoms with Gasteiger partial charge < -0.3 is 0 Å². The first-order valence-electron chi connectivity index (χ1n) is 6.74. The van der Waals surface area contributed by atoms with E-state index in [1.54, 1.807) is 0 Å². The first-order chi connectivity index (χ1) is 10.4. The molecule has 2 aromatic carbocycles. The minimum Gasteiger partial charge on any atom is -0.257 e. The van der Waals surface area contributed by atoms with Crippen LogP contribution in [0, 0.1) is 0 Å². The molecule has 100 valence electrons. The summed E-state index contributed by atoms with van der Waals surface area (Å²) in [6.45, 7) is 0. The lowest BCUT2D eigenvalue weighted by atomic mass is 10.1. The summed E-state index contributed by atoms with van der Waals surface area (Å²) in [6.07, 6.45) is 0. The van der Waals surface area contributed by atoms with Gasteiger partial charge >= 0.3 is 0 Å². The maximum absolute atomic E-state index is 4.73. The van der Waals surface area contributed by atoms with Crippen LogP contribution in [0.3, 0.4) is 0 Å². The van der Waals surface area contributed by atoms with E-state index in [2.05, 4.69) is 15.4 Å². The molecule has 2 aromatic rings. The first-order valence-corrected chi connectivity index (χ1v) is 6.74. The summed E-state index contributed by atoms with van der Waals surface area (Å²) < 4.78 is 0. The molecule has 0 aromatic heterocycles. The molecular formula is C17H12N4. The molecule has 0 unspecified atom stereocenters. The Hall–Kier alpha value is -3.01. The van der Waals surface area contributed by atoms with E-state index in [9.17, 15) is 0 Å². The molecule has 4 heteroatoms. The van der Waals surface area contributed by atoms with Gasteiger partial charge in [0.15, 0.2) is 0 Å². The number of hydrogen-bond donors (Lipinski definition) is 1. The van der Waals surface area contributed by atoms with Crippen molar-refractivity contribution in [2.24, 2.45) is 0 Å². The van der Waals surface area contributed by atoms with Crippen LogP contribution < -0.4 is 0 Å². The van der Waals surface area contributed by atoms with Crippen molar-refractivity contribution in [2.75, 3.05) is 0 Å². The third kappa shape index (κ3) is 2.07. The highest BCUT2D eigenvalue weighted by Gasteiger charge is 2.17. The number of H-pyrrole nitrogens is 1. The fourth-order valence-electron chi connectivity index (χ4n) is 2.41. The molecule has 21 heavy (non-hydrogen) atoms. The molecule has 0 saturated carbocycles. The summed E-state index contributed by atoms with van der Waals surface area (Å²) in [7, 11) is 0. The highest BCUT2D eigenvalue weighted by Crippen LogP contribution is 2.32. The van der Waals surface area contributed by atoms with Gasteiger partial charge in [-0.3, -0.25) is 5.10 Å². The van der Waals surface area contributed by atoms with Gasteiger partial charge in [-0.25, -0.2) is 4.98 Å². The first kappa shape index (κ1) is 11.8. The summed E-state index contributed by atoms with van der Waals surface area (Å²) in [6, 6.07) is 22.1. The lowest BCUT2D eigenvalue weighted by Crippen LogP contribution is -1.96. The molecule has 2 aliphatic heterocycles. The topological polar surface area (TPSA) is 54.5 Å². The van der Waals surface area contributed by atoms with Gasteiger partial charge in [-0.15, -0.1) is 5.10 Å². The zero-order valence-corrected chi connectivity index (χ0v) is 11.2. The number of fused-ring (bicyclic) bond motifs is 1. The Morgan fingerprint density at radius 3 is 2.10 bits per heavy atom. The van der Waals surface area contributed by atoms with Crippen molar-refractivity contribution in [3.05, 3.63) is 66.7 Å². The maximum atomic E-state index is 4.73. The van der Waals surface area contributed by atoms with Crippen molar-refractivity contribution in [3.63, 3.8) is 0 Å². The smallest absolute Gasteiger partial charge is 0.122 e. The predicted octanol–water partition coefficient (Wildman–Crippen LogP) is 3.64. The van der Waals surface area contributed by atoms with Crippen molar-refractivity contribution >= 4 is 0 Å². The van der Waals surface area contributed by atoms with E-state index in [1.807, 2.05) is 66.7 Å². The molecule has 0 saturated heterocycles. The van der Waals surface area contributed by atoms with Crippen LogP contribution in [0.5, 0.6) is 0 Å². The average molecular weight is 272 g/mol. The summed E-state index contributed by atoms with van der Waals surface area (Å²) in [5.41, 5.74) is 5.56. The third-order valence-corrected chi connectivity index (χ3v) is 3.43. The summed E-state index contributed by atoms with van der Waals surface area (Å²) in [4.78, 5) is 4.73. The van der Waals surface area contributed by atoms with Gasteiger partial charge in [-0.05, 0) is 6.07 Å². The summed E-state index contributed by atoms with van der Waals surface area (Å²) in [5, 5.41) is 11.1. The van der Waals surface area contributed by atoms with Crippen molar-refractivity contribution in [3.8, 4) is 33.9 Å². The Morgan fingerprint density at radius 1 is 0.714 bits per heavy atom. The van der Waals surface area contributed by atoms with Crippen LogP contribution >= 0.6 is 0 Å². The molecule has 4 nitrogen and oxygen atoms in total. The molecule has 4 rings (SSSR count). The van der Waals surface area contributed by atoms with Gasteiger partial charge in [-0.2, -0.15) is 0 Å². The fourth-order valence-corrected chi connectivity index (χ4v) is 2.41. The van der Waals surface area contributed by atoms with E-state index in [4.69, 9.17) is 4.98 Å². The van der Waals surface area contributed by atoms with Crippen LogP contribution in [0.4, 0.5) is 0 Å². The zero-order valence-electron chi connectivity index (χ0n) is 11.2. The normalized spacial score (nSPS) is 10.9. The van der Waals surface area contributed by atoms with Crippen LogP contribution in [-0.2, 0) is 0 Å². The lowest BCUT2D eigenvalue weighted by molar-refractivity contribution is 0.873. The zero-order chi connectivity index (χ0) is 14.1. The number of aromatic nitrogens is 4. The Balaban J connectivity index is 1.90. The predicted molar refractivity (Wildman–Crippen MR) is 81.7 cm³/mol. The molecule has 0 bridgehead atoms. The highest BCUT2D eigenvalue weighted by atomic mass is 15.3. The molecule has 0 radical (unpaired) electrons. The van der Waals surface area contributed by atoms with Crippen molar-refractivity contribution in [2.45, 2.75) is 0 Å². The highest BCUT2D eigenvalue weighted by molar-refractivity contribution is 5.80. The molecule has 1 N–H and O–H groups in total. The monoisotopic (exact) mass is 272 g/mol. The quantitative estimate of drug-likeness (QED) is 0.606. The lowest BCUT2D eigenvalue weighted by Gasteiger charge is -2.03. The minimum absolute atomic E-state index is 0.798. The second-order valence-electron chi connectivity index (χ2n) is 4.80. The van der Waals surface area contributed by atoms with Crippen molar-refractivity contribution in [1.29, 1.82) is 0 Å². The third-order valence-electron chi connectivity index (χ3n) is 3.43. The van der Waals surface area contributed by atoms with Gasteiger partial charge in [0.1, 0.15) is 11.4 Å². The molecule has 0 aliphatic carbocycles. The Labute approximate surface area is 121 Å². The van der Waals surface area contributed by atoms with Crippen molar-refractivity contribution in [1.82, 2.24) is 20.4 Å². The summed E-state index contributed by atoms with van der Waals surface area (Å²) in [5.74, 6) is 0. The van der Waals surface area contributed by atoms with Gasteiger partial charge in [0.25, 0.3) is 0 Å². The van der Waals surface area contributed by atoms with Gasteiger partial charge in [0.2, 0.25) is 0 Å². The molecule has 0 spiro atoms. The number of aromatic amines is 1. The molecule has 0 fully saturated rings. The van der Waals surface area contributed by atoms with Crippen molar-refractivity contribution < 1.29 is 0 Å². The van der Waals surface area contributed by atoms with E-state index in [0.29, 0.717) is 0 Å². The fraction of sp³-hybridized carbons (Fsp3) is 0. The van der Waals surface area contributed by atoms with Crippen LogP contribution in [0.2, 0.25) is 0 Å². The standard InChI is InChI=1S/C17H12N4/c1-3-7-12(8-4-1)14-11-15-17(18-14)16(20-21-19-15)13-9-5-2-6-10-13/h1-11H,(H,19,20). The second-order valence-corrected chi connectivity index (χ2v) is 4.80. The maximum Gasteiger partial charge on any atom is 0.122 e. The van der Waals surface area contributed by atoms with E-state index in [-0.39, 0.29) is 0 Å². The Morgan fingerprint density at radius 2 is 1.38 bits per heavy atom. The van der Waals surface area contributed by atoms with E-state index in [1.165, 1.54) is 0 Å². The van der Waals surface area contributed by atoms with Gasteiger partial charge in [0.05, 0.1) is 11.4 Å². The molecule has 2 aliphatic rings. The van der Waals surface area contributed by atoms with Crippen LogP contribution in [0.15, 0.2) is 66.7 Å². The largest absolute Gasteiger partial charge is 0.257 e. The number of nitrogens with one attached hydrogen (secondary N) is 1. The summed E-state index contributed by atoms with van der Waals surface area (Å²) >= 11 is 0. The molecule has 0 atom stereocenters. The van der Waals surface area contributed by atoms with Gasteiger partial charge in [0, 0.05) is 11.1 Å². The molecule has 2 heterocycles. The van der Waals surface area contributed by atoms with E-state index < -0.39 is 0 Å². The van der Waals surface area contributed by atoms with E-state index in [0.717, 1.165) is 33.9 Å². The molecular weight excluding hydrogens is 260 g/mol. The number of hydrogen-bond acceptors (Lipinski definition) is 3. The number of benzene rings is 2. The number of nitrogens with zero attached hydrogens (tertiary/aromatic N) is 3. The Bertz CT molecular complexity index is 837. The Kier molecular flexibility index (Phi) is 2.71. The number of rotatable bonds is 2. The average Bonchev–Trinajstić information content (AvgIpc) is 3.00. The minimum atomic E-state index is 0.798. The second kappa shape index (κ2) is 4.83. The molecule has 0 amide bonds. The van der Waals surface area contributed by atoms with E-state index >= 15 is 0 Å².